The molecule has 1 aliphatic rings. The molecule has 1 aromatic rings. The Morgan fingerprint density at radius 1 is 1.69 bits per heavy atom. The third kappa shape index (κ3) is 2.44. The van der Waals surface area contributed by atoms with Gasteiger partial charge >= 0.3 is 5.97 Å². The SMILES string of the molecule is CC(OCCc1cccs1)(C(=O)O)C1CC1. The zero-order chi connectivity index (χ0) is 11.6. The van der Waals surface area contributed by atoms with Gasteiger partial charge in [-0.15, -0.1) is 11.3 Å². The lowest BCUT2D eigenvalue weighted by Gasteiger charge is -2.24. The Balaban J connectivity index is 1.85. The molecular weight excluding hydrogens is 224 g/mol. The van der Waals surface area contributed by atoms with E-state index in [2.05, 4.69) is 0 Å². The van der Waals surface area contributed by atoms with Crippen LogP contribution in [0.3, 0.4) is 0 Å². The number of hydrogen-bond donors (Lipinski definition) is 1. The van der Waals surface area contributed by atoms with E-state index in [0.29, 0.717) is 6.61 Å². The molecule has 1 atom stereocenters. The molecule has 1 aromatic heterocycles. The van der Waals surface area contributed by atoms with Crippen LogP contribution >= 0.6 is 11.3 Å². The first-order chi connectivity index (χ1) is 7.63. The second kappa shape index (κ2) is 4.55. The van der Waals surface area contributed by atoms with E-state index in [1.54, 1.807) is 18.3 Å². The first-order valence-electron chi connectivity index (χ1n) is 5.52. The molecule has 1 saturated carbocycles. The third-order valence-electron chi connectivity index (χ3n) is 3.11. The average molecular weight is 240 g/mol. The maximum Gasteiger partial charge on any atom is 0.335 e. The highest BCUT2D eigenvalue weighted by Crippen LogP contribution is 2.42. The minimum absolute atomic E-state index is 0.202. The van der Waals surface area contributed by atoms with E-state index in [0.717, 1.165) is 19.3 Å². The van der Waals surface area contributed by atoms with Crippen molar-refractivity contribution in [2.24, 2.45) is 5.92 Å². The highest BCUT2D eigenvalue weighted by molar-refractivity contribution is 7.09. The fraction of sp³-hybridized carbons (Fsp3) is 0.583. The Labute approximate surface area is 99.1 Å². The van der Waals surface area contributed by atoms with Crippen molar-refractivity contribution in [2.75, 3.05) is 6.61 Å². The van der Waals surface area contributed by atoms with Gasteiger partial charge < -0.3 is 9.84 Å². The molecule has 4 heteroatoms. The van der Waals surface area contributed by atoms with Crippen LogP contribution in [-0.4, -0.2) is 23.3 Å². The summed E-state index contributed by atoms with van der Waals surface area (Å²) in [5, 5.41) is 11.2. The molecule has 1 aliphatic carbocycles. The van der Waals surface area contributed by atoms with Gasteiger partial charge in [0.2, 0.25) is 0 Å². The molecule has 1 unspecified atom stereocenters. The Bertz CT molecular complexity index is 356. The van der Waals surface area contributed by atoms with Gasteiger partial charge in [-0.2, -0.15) is 0 Å². The monoisotopic (exact) mass is 240 g/mol. The van der Waals surface area contributed by atoms with Crippen molar-refractivity contribution in [3.63, 3.8) is 0 Å². The summed E-state index contributed by atoms with van der Waals surface area (Å²) in [7, 11) is 0. The molecule has 0 amide bonds. The van der Waals surface area contributed by atoms with E-state index in [1.165, 1.54) is 4.88 Å². The van der Waals surface area contributed by atoms with Crippen LogP contribution in [0.1, 0.15) is 24.6 Å². The molecule has 3 nitrogen and oxygen atoms in total. The fourth-order valence-corrected chi connectivity index (χ4v) is 2.50. The molecule has 1 fully saturated rings. The Morgan fingerprint density at radius 3 is 2.94 bits per heavy atom. The van der Waals surface area contributed by atoms with Crippen molar-refractivity contribution in [3.05, 3.63) is 22.4 Å². The number of carbonyl (C=O) groups is 1. The molecule has 0 aliphatic heterocycles. The number of hydrogen-bond acceptors (Lipinski definition) is 3. The van der Waals surface area contributed by atoms with Gasteiger partial charge in [-0.1, -0.05) is 6.07 Å². The molecule has 1 heterocycles. The molecule has 0 radical (unpaired) electrons. The van der Waals surface area contributed by atoms with Gasteiger partial charge in [0.1, 0.15) is 0 Å². The fourth-order valence-electron chi connectivity index (χ4n) is 1.81. The smallest absolute Gasteiger partial charge is 0.335 e. The zero-order valence-electron chi connectivity index (χ0n) is 9.31. The molecule has 2 rings (SSSR count). The molecule has 88 valence electrons. The maximum absolute atomic E-state index is 11.2. The first kappa shape index (κ1) is 11.6. The summed E-state index contributed by atoms with van der Waals surface area (Å²) in [5.74, 6) is -0.630. The normalized spacial score (nSPS) is 19.3. The van der Waals surface area contributed by atoms with Crippen LogP contribution in [0.4, 0.5) is 0 Å². The lowest BCUT2D eigenvalue weighted by atomic mass is 10.0. The predicted molar refractivity (Wildman–Crippen MR) is 62.7 cm³/mol. The number of aliphatic carboxylic acids is 1. The van der Waals surface area contributed by atoms with Crippen LogP contribution < -0.4 is 0 Å². The number of rotatable bonds is 6. The Hall–Kier alpha value is -0.870. The first-order valence-corrected chi connectivity index (χ1v) is 6.40. The van der Waals surface area contributed by atoms with Gasteiger partial charge in [0.25, 0.3) is 0 Å². The number of carboxylic acid groups (broad SMARTS) is 1. The molecule has 0 aromatic carbocycles. The van der Waals surface area contributed by atoms with E-state index in [-0.39, 0.29) is 5.92 Å². The van der Waals surface area contributed by atoms with Crippen molar-refractivity contribution in [1.29, 1.82) is 0 Å². The van der Waals surface area contributed by atoms with Gasteiger partial charge in [-0.05, 0) is 37.1 Å². The Kier molecular flexibility index (Phi) is 3.30. The number of ether oxygens (including phenoxy) is 1. The molecule has 0 saturated heterocycles. The quantitative estimate of drug-likeness (QED) is 0.831. The molecule has 0 spiro atoms. The second-order valence-electron chi connectivity index (χ2n) is 4.36. The topological polar surface area (TPSA) is 46.5 Å². The third-order valence-corrected chi connectivity index (χ3v) is 4.05. The zero-order valence-corrected chi connectivity index (χ0v) is 10.1. The predicted octanol–water partition coefficient (Wildman–Crippen LogP) is 2.56. The van der Waals surface area contributed by atoms with E-state index in [9.17, 15) is 9.90 Å². The lowest BCUT2D eigenvalue weighted by Crippen LogP contribution is -2.41. The maximum atomic E-state index is 11.2. The van der Waals surface area contributed by atoms with E-state index < -0.39 is 11.6 Å². The van der Waals surface area contributed by atoms with Crippen LogP contribution in [0.2, 0.25) is 0 Å². The van der Waals surface area contributed by atoms with Gasteiger partial charge in [0, 0.05) is 11.3 Å². The summed E-state index contributed by atoms with van der Waals surface area (Å²) in [6, 6.07) is 4.04. The summed E-state index contributed by atoms with van der Waals surface area (Å²) in [5.41, 5.74) is -0.975. The summed E-state index contributed by atoms with van der Waals surface area (Å²) in [6.07, 6.45) is 2.75. The minimum Gasteiger partial charge on any atom is -0.479 e. The standard InChI is InChI=1S/C12H16O3S/c1-12(11(13)14,9-4-5-9)15-7-6-10-3-2-8-16-10/h2-3,8-9H,4-7H2,1H3,(H,13,14). The lowest BCUT2D eigenvalue weighted by molar-refractivity contribution is -0.166. The largest absolute Gasteiger partial charge is 0.479 e. The Morgan fingerprint density at radius 2 is 2.44 bits per heavy atom. The second-order valence-corrected chi connectivity index (χ2v) is 5.40. The van der Waals surface area contributed by atoms with Crippen LogP contribution in [-0.2, 0) is 16.0 Å². The van der Waals surface area contributed by atoms with Crippen LogP contribution in [0, 0.1) is 5.92 Å². The summed E-state index contributed by atoms with van der Waals surface area (Å²) >= 11 is 1.68. The summed E-state index contributed by atoms with van der Waals surface area (Å²) in [4.78, 5) is 12.4. The van der Waals surface area contributed by atoms with Crippen LogP contribution in [0.5, 0.6) is 0 Å². The van der Waals surface area contributed by atoms with E-state index >= 15 is 0 Å². The van der Waals surface area contributed by atoms with Gasteiger partial charge in [-0.3, -0.25) is 0 Å². The average Bonchev–Trinajstić information content (AvgIpc) is 2.98. The van der Waals surface area contributed by atoms with Crippen LogP contribution in [0.25, 0.3) is 0 Å². The van der Waals surface area contributed by atoms with Crippen LogP contribution in [0.15, 0.2) is 17.5 Å². The highest BCUT2D eigenvalue weighted by atomic mass is 32.1. The number of thiophene rings is 1. The van der Waals surface area contributed by atoms with Crippen molar-refractivity contribution in [3.8, 4) is 0 Å². The van der Waals surface area contributed by atoms with Gasteiger partial charge in [0.05, 0.1) is 6.61 Å². The van der Waals surface area contributed by atoms with Crippen molar-refractivity contribution >= 4 is 17.3 Å². The summed E-state index contributed by atoms with van der Waals surface area (Å²) < 4.78 is 5.60. The highest BCUT2D eigenvalue weighted by Gasteiger charge is 2.48. The van der Waals surface area contributed by atoms with E-state index in [1.807, 2.05) is 17.5 Å². The van der Waals surface area contributed by atoms with E-state index in [4.69, 9.17) is 4.74 Å². The molecule has 1 N–H and O–H groups in total. The molecule has 0 bridgehead atoms. The summed E-state index contributed by atoms with van der Waals surface area (Å²) in [6.45, 7) is 2.18. The van der Waals surface area contributed by atoms with Gasteiger partial charge in [0.15, 0.2) is 5.60 Å². The minimum atomic E-state index is -0.975. The molecular formula is C12H16O3S. The van der Waals surface area contributed by atoms with Crippen molar-refractivity contribution < 1.29 is 14.6 Å². The van der Waals surface area contributed by atoms with Crippen molar-refractivity contribution in [2.45, 2.75) is 31.8 Å². The number of carboxylic acids is 1. The van der Waals surface area contributed by atoms with Crippen molar-refractivity contribution in [1.82, 2.24) is 0 Å². The van der Waals surface area contributed by atoms with Gasteiger partial charge in [-0.25, -0.2) is 4.79 Å². The molecule has 16 heavy (non-hydrogen) atoms.